The van der Waals surface area contributed by atoms with E-state index in [2.05, 4.69) is 9.47 Å². The molecule has 0 fully saturated rings. The van der Waals surface area contributed by atoms with Crippen LogP contribution in [0, 0.1) is 0 Å². The number of carbonyl (C=O) groups excluding carboxylic acids is 1. The van der Waals surface area contributed by atoms with Crippen molar-refractivity contribution in [2.45, 2.75) is 6.29 Å². The Kier molecular flexibility index (Phi) is 5.70. The van der Waals surface area contributed by atoms with E-state index >= 15 is 0 Å². The molecular formula is C13H14O8. The first-order chi connectivity index (χ1) is 9.92. The Labute approximate surface area is 119 Å². The molecule has 0 aliphatic carbocycles. The highest BCUT2D eigenvalue weighted by Crippen LogP contribution is 2.28. The van der Waals surface area contributed by atoms with Gasteiger partial charge in [-0.2, -0.15) is 0 Å². The summed E-state index contributed by atoms with van der Waals surface area (Å²) >= 11 is 0. The van der Waals surface area contributed by atoms with E-state index in [9.17, 15) is 19.8 Å². The Hall–Kier alpha value is -2.58. The number of hydrogen-bond acceptors (Lipinski definition) is 7. The van der Waals surface area contributed by atoms with Gasteiger partial charge in [-0.1, -0.05) is 12.1 Å². The zero-order valence-corrected chi connectivity index (χ0v) is 11.3. The van der Waals surface area contributed by atoms with E-state index in [1.165, 1.54) is 25.3 Å². The number of aromatic carboxylic acids is 1. The third-order valence-electron chi connectivity index (χ3n) is 2.38. The van der Waals surface area contributed by atoms with Crippen molar-refractivity contribution in [2.24, 2.45) is 0 Å². The molecule has 0 atom stereocenters. The molecule has 1 aromatic rings. The first-order valence-electron chi connectivity index (χ1n) is 5.63. The Morgan fingerprint density at radius 3 is 2.38 bits per heavy atom. The smallest absolute Gasteiger partial charge is 0.377 e. The summed E-state index contributed by atoms with van der Waals surface area (Å²) in [4.78, 5) is 22.7. The van der Waals surface area contributed by atoms with Crippen molar-refractivity contribution < 1.29 is 39.1 Å². The van der Waals surface area contributed by atoms with E-state index in [4.69, 9.17) is 9.84 Å². The molecule has 0 spiro atoms. The lowest BCUT2D eigenvalue weighted by Crippen LogP contribution is -2.15. The first kappa shape index (κ1) is 16.5. The van der Waals surface area contributed by atoms with Crippen molar-refractivity contribution in [1.29, 1.82) is 0 Å². The van der Waals surface area contributed by atoms with Crippen molar-refractivity contribution in [3.05, 3.63) is 41.3 Å². The fourth-order valence-corrected chi connectivity index (χ4v) is 1.52. The van der Waals surface area contributed by atoms with Crippen molar-refractivity contribution in [1.82, 2.24) is 0 Å². The summed E-state index contributed by atoms with van der Waals surface area (Å²) in [5.74, 6) is -2.99. The van der Waals surface area contributed by atoms with Crippen LogP contribution in [0.25, 0.3) is 0 Å². The van der Waals surface area contributed by atoms with E-state index < -0.39 is 29.6 Å². The maximum absolute atomic E-state index is 11.5. The van der Waals surface area contributed by atoms with Gasteiger partial charge in [-0.3, -0.25) is 0 Å². The molecule has 0 radical (unpaired) electrons. The van der Waals surface area contributed by atoms with Gasteiger partial charge in [0.2, 0.25) is 5.76 Å². The summed E-state index contributed by atoms with van der Waals surface area (Å²) in [5.41, 5.74) is -0.764. The molecule has 0 saturated heterocycles. The normalized spacial score (nSPS) is 11.2. The van der Waals surface area contributed by atoms with Crippen LogP contribution in [0.4, 0.5) is 0 Å². The molecule has 0 amide bonds. The topological polar surface area (TPSA) is 123 Å². The highest BCUT2D eigenvalue weighted by atomic mass is 16.6. The Bertz CT molecular complexity index is 561. The second-order valence-corrected chi connectivity index (χ2v) is 3.71. The van der Waals surface area contributed by atoms with Gasteiger partial charge in [0.15, 0.2) is 6.29 Å². The second kappa shape index (κ2) is 7.27. The molecule has 0 heterocycles. The fourth-order valence-electron chi connectivity index (χ4n) is 1.52. The van der Waals surface area contributed by atoms with Crippen LogP contribution < -0.4 is 4.74 Å². The lowest BCUT2D eigenvalue weighted by Gasteiger charge is -2.14. The van der Waals surface area contributed by atoms with Gasteiger partial charge in [0.05, 0.1) is 14.2 Å². The number of aliphatic hydroxyl groups excluding tert-OH is 1. The number of carboxylic acids is 1. The second-order valence-electron chi connectivity index (χ2n) is 3.71. The average Bonchev–Trinajstić information content (AvgIpc) is 2.45. The van der Waals surface area contributed by atoms with Crippen LogP contribution in [0.15, 0.2) is 30.2 Å². The van der Waals surface area contributed by atoms with E-state index in [0.29, 0.717) is 0 Å². The monoisotopic (exact) mass is 298 g/mol. The van der Waals surface area contributed by atoms with Crippen molar-refractivity contribution >= 4 is 11.9 Å². The SMILES string of the molecule is COC=C(Oc1cccc(C(O)O)c1C(=O)O)C(=O)OC. The molecule has 0 aromatic heterocycles. The van der Waals surface area contributed by atoms with Crippen LogP contribution >= 0.6 is 0 Å². The molecule has 1 rings (SSSR count). The summed E-state index contributed by atoms with van der Waals surface area (Å²) in [6.07, 6.45) is -1.08. The highest BCUT2D eigenvalue weighted by Gasteiger charge is 2.23. The van der Waals surface area contributed by atoms with E-state index in [1.807, 2.05) is 0 Å². The predicted octanol–water partition coefficient (Wildman–Crippen LogP) is 0.408. The van der Waals surface area contributed by atoms with Crippen LogP contribution in [-0.2, 0) is 14.3 Å². The van der Waals surface area contributed by atoms with E-state index in [-0.39, 0.29) is 11.3 Å². The van der Waals surface area contributed by atoms with Crippen LogP contribution in [-0.4, -0.2) is 41.5 Å². The van der Waals surface area contributed by atoms with Crippen molar-refractivity contribution in [3.8, 4) is 5.75 Å². The quantitative estimate of drug-likeness (QED) is 0.299. The Morgan fingerprint density at radius 2 is 1.90 bits per heavy atom. The largest absolute Gasteiger partial charge is 0.500 e. The molecule has 8 heteroatoms. The van der Waals surface area contributed by atoms with E-state index in [1.54, 1.807) is 0 Å². The number of ether oxygens (including phenoxy) is 3. The zero-order valence-electron chi connectivity index (χ0n) is 11.3. The third kappa shape index (κ3) is 3.94. The molecule has 1 aromatic carbocycles. The average molecular weight is 298 g/mol. The standard InChI is InChI=1S/C13H14O8/c1-19-6-9(13(18)20-2)21-8-5-3-4-7(11(14)15)10(8)12(16)17/h3-6,11,14-15H,1-2H3,(H,16,17). The lowest BCUT2D eigenvalue weighted by atomic mass is 10.1. The van der Waals surface area contributed by atoms with Gasteiger partial charge in [-0.05, 0) is 6.07 Å². The maximum atomic E-state index is 11.5. The van der Waals surface area contributed by atoms with Crippen LogP contribution in [0.5, 0.6) is 5.75 Å². The number of methoxy groups -OCH3 is 2. The van der Waals surface area contributed by atoms with Crippen LogP contribution in [0.2, 0.25) is 0 Å². The number of rotatable bonds is 6. The van der Waals surface area contributed by atoms with Gasteiger partial charge < -0.3 is 29.5 Å². The number of aliphatic hydroxyl groups is 2. The first-order valence-corrected chi connectivity index (χ1v) is 5.63. The molecular weight excluding hydrogens is 284 g/mol. The molecule has 3 N–H and O–H groups in total. The van der Waals surface area contributed by atoms with Crippen molar-refractivity contribution in [3.63, 3.8) is 0 Å². The molecule has 8 nitrogen and oxygen atoms in total. The molecule has 21 heavy (non-hydrogen) atoms. The van der Waals surface area contributed by atoms with Crippen LogP contribution in [0.1, 0.15) is 22.2 Å². The van der Waals surface area contributed by atoms with Gasteiger partial charge in [0, 0.05) is 5.56 Å². The van der Waals surface area contributed by atoms with Gasteiger partial charge in [0.25, 0.3) is 0 Å². The minimum Gasteiger partial charge on any atom is -0.500 e. The van der Waals surface area contributed by atoms with E-state index in [0.717, 1.165) is 13.4 Å². The Morgan fingerprint density at radius 1 is 1.24 bits per heavy atom. The summed E-state index contributed by atoms with van der Waals surface area (Å²) in [7, 11) is 2.37. The minimum atomic E-state index is -2.01. The molecule has 114 valence electrons. The van der Waals surface area contributed by atoms with Crippen molar-refractivity contribution in [2.75, 3.05) is 14.2 Å². The number of hydrogen-bond donors (Lipinski definition) is 3. The highest BCUT2D eigenvalue weighted by molar-refractivity contribution is 5.93. The summed E-state index contributed by atoms with van der Waals surface area (Å²) in [5, 5.41) is 27.5. The molecule has 0 aliphatic rings. The summed E-state index contributed by atoms with van der Waals surface area (Å²) < 4.78 is 14.2. The number of benzene rings is 1. The number of esters is 1. The minimum absolute atomic E-state index is 0.262. The van der Waals surface area contributed by atoms with Gasteiger partial charge in [-0.15, -0.1) is 0 Å². The van der Waals surface area contributed by atoms with Crippen LogP contribution in [0.3, 0.4) is 0 Å². The summed E-state index contributed by atoms with van der Waals surface area (Å²) in [6.45, 7) is 0. The number of carbonyl (C=O) groups is 2. The summed E-state index contributed by atoms with van der Waals surface area (Å²) in [6, 6.07) is 3.80. The third-order valence-corrected chi connectivity index (χ3v) is 2.38. The predicted molar refractivity (Wildman–Crippen MR) is 68.3 cm³/mol. The molecule has 0 saturated carbocycles. The number of carboxylic acid groups (broad SMARTS) is 1. The zero-order chi connectivity index (χ0) is 16.0. The van der Waals surface area contributed by atoms with Gasteiger partial charge >= 0.3 is 11.9 Å². The van der Waals surface area contributed by atoms with Gasteiger partial charge in [0.1, 0.15) is 17.6 Å². The Balaban J connectivity index is 3.30. The molecule has 0 bridgehead atoms. The molecule has 0 unspecified atom stereocenters. The maximum Gasteiger partial charge on any atom is 0.377 e. The fraction of sp³-hybridized carbons (Fsp3) is 0.231. The van der Waals surface area contributed by atoms with Gasteiger partial charge in [-0.25, -0.2) is 9.59 Å². The molecule has 0 aliphatic heterocycles. The lowest BCUT2D eigenvalue weighted by molar-refractivity contribution is -0.138.